The van der Waals surface area contributed by atoms with Crippen molar-refractivity contribution in [2.45, 2.75) is 13.0 Å². The van der Waals surface area contributed by atoms with Gasteiger partial charge in [0.1, 0.15) is 5.56 Å². The summed E-state index contributed by atoms with van der Waals surface area (Å²) < 4.78 is 6.21. The molecule has 6 nitrogen and oxygen atoms in total. The van der Waals surface area contributed by atoms with Gasteiger partial charge in [-0.3, -0.25) is 9.59 Å². The third-order valence-electron chi connectivity index (χ3n) is 3.29. The van der Waals surface area contributed by atoms with Crippen molar-refractivity contribution in [3.63, 3.8) is 0 Å². The average molecular weight is 323 g/mol. The third-order valence-corrected chi connectivity index (χ3v) is 3.62. The summed E-state index contributed by atoms with van der Waals surface area (Å²) in [6, 6.07) is 6.39. The van der Waals surface area contributed by atoms with Gasteiger partial charge in [-0.2, -0.15) is 5.10 Å². The van der Waals surface area contributed by atoms with Crippen LogP contribution in [0.5, 0.6) is 5.88 Å². The number of rotatable bonds is 5. The Kier molecular flexibility index (Phi) is 4.63. The first-order chi connectivity index (χ1) is 10.4. The molecule has 0 fully saturated rings. The Morgan fingerprint density at radius 1 is 1.32 bits per heavy atom. The van der Waals surface area contributed by atoms with E-state index in [1.807, 2.05) is 0 Å². The second-order valence-corrected chi connectivity index (χ2v) is 5.14. The fourth-order valence-corrected chi connectivity index (χ4v) is 2.43. The van der Waals surface area contributed by atoms with Gasteiger partial charge in [-0.15, -0.1) is 0 Å². The van der Waals surface area contributed by atoms with Crippen molar-refractivity contribution in [2.24, 2.45) is 7.05 Å². The fraction of sp³-hybridized carbons (Fsp3) is 0.267. The molecule has 0 aliphatic heterocycles. The summed E-state index contributed by atoms with van der Waals surface area (Å²) in [5.74, 6) is -1.53. The summed E-state index contributed by atoms with van der Waals surface area (Å²) in [4.78, 5) is 25.1. The molecule has 22 heavy (non-hydrogen) atoms. The highest BCUT2D eigenvalue weighted by Crippen LogP contribution is 2.25. The first kappa shape index (κ1) is 16.2. The minimum Gasteiger partial charge on any atom is -0.493 e. The monoisotopic (exact) mass is 322 g/mol. The van der Waals surface area contributed by atoms with Gasteiger partial charge in [0.15, 0.2) is 6.10 Å². The lowest BCUT2D eigenvalue weighted by atomic mass is 9.98. The highest BCUT2D eigenvalue weighted by Gasteiger charge is 2.33. The molecule has 1 unspecified atom stereocenters. The molecule has 1 N–H and O–H groups in total. The number of aryl methyl sites for hydroxylation is 2. The minimum atomic E-state index is -1.39. The van der Waals surface area contributed by atoms with Crippen molar-refractivity contribution in [3.05, 3.63) is 46.1 Å². The number of aromatic nitrogens is 2. The van der Waals surface area contributed by atoms with Gasteiger partial charge in [-0.1, -0.05) is 23.7 Å². The van der Waals surface area contributed by atoms with Crippen LogP contribution in [0.2, 0.25) is 5.02 Å². The van der Waals surface area contributed by atoms with Gasteiger partial charge in [-0.25, -0.2) is 4.68 Å². The van der Waals surface area contributed by atoms with Gasteiger partial charge in [0.25, 0.3) is 0 Å². The van der Waals surface area contributed by atoms with Gasteiger partial charge >= 0.3 is 0 Å². The van der Waals surface area contributed by atoms with E-state index >= 15 is 0 Å². The molecule has 1 atom stereocenters. The van der Waals surface area contributed by atoms with Crippen molar-refractivity contribution in [2.75, 3.05) is 7.11 Å². The standard InChI is InChI=1S/C15H15ClN2O4/c1-8-11(15(21)18(2)17-8)13(20)14(22-3)12(19)9-6-4-5-7-10(9)16/h4-7,14,21H,1-3H3. The quantitative estimate of drug-likeness (QED) is 0.674. The molecule has 0 radical (unpaired) electrons. The zero-order chi connectivity index (χ0) is 16.4. The number of benzene rings is 1. The van der Waals surface area contributed by atoms with E-state index in [2.05, 4.69) is 5.10 Å². The number of carbonyl (C=O) groups is 2. The second kappa shape index (κ2) is 6.29. The van der Waals surface area contributed by atoms with Crippen LogP contribution in [0.15, 0.2) is 24.3 Å². The van der Waals surface area contributed by atoms with Crippen LogP contribution >= 0.6 is 11.6 Å². The Labute approximate surface area is 132 Å². The first-order valence-electron chi connectivity index (χ1n) is 6.46. The van der Waals surface area contributed by atoms with E-state index in [4.69, 9.17) is 16.3 Å². The van der Waals surface area contributed by atoms with Crippen molar-refractivity contribution in [1.29, 1.82) is 0 Å². The largest absolute Gasteiger partial charge is 0.493 e. The van der Waals surface area contributed by atoms with Crippen LogP contribution in [0, 0.1) is 6.92 Å². The van der Waals surface area contributed by atoms with Gasteiger partial charge in [0, 0.05) is 19.7 Å². The molecule has 0 amide bonds. The SMILES string of the molecule is COC(C(=O)c1ccccc1Cl)C(=O)c1c(C)nn(C)c1O. The summed E-state index contributed by atoms with van der Waals surface area (Å²) in [5, 5.41) is 14.1. The molecule has 1 aromatic heterocycles. The predicted molar refractivity (Wildman–Crippen MR) is 80.5 cm³/mol. The number of nitrogens with zero attached hydrogens (tertiary/aromatic N) is 2. The number of carbonyl (C=O) groups excluding carboxylic acids is 2. The van der Waals surface area contributed by atoms with Crippen LogP contribution in [-0.2, 0) is 11.8 Å². The van der Waals surface area contributed by atoms with E-state index in [1.54, 1.807) is 25.1 Å². The molecule has 1 heterocycles. The molecule has 2 aromatic rings. The summed E-state index contributed by atoms with van der Waals surface area (Å²) in [6.45, 7) is 1.57. The van der Waals surface area contributed by atoms with Crippen LogP contribution in [-0.4, -0.2) is 39.7 Å². The van der Waals surface area contributed by atoms with Crippen LogP contribution < -0.4 is 0 Å². The molecular formula is C15H15ClN2O4. The molecule has 0 spiro atoms. The Morgan fingerprint density at radius 3 is 2.45 bits per heavy atom. The number of ether oxygens (including phenoxy) is 1. The van der Waals surface area contributed by atoms with Gasteiger partial charge < -0.3 is 9.84 Å². The molecule has 7 heteroatoms. The zero-order valence-corrected chi connectivity index (χ0v) is 13.1. The number of Topliss-reactive ketones (excluding diaryl/α,β-unsaturated/α-hetero) is 2. The van der Waals surface area contributed by atoms with E-state index in [-0.39, 0.29) is 22.0 Å². The smallest absolute Gasteiger partial charge is 0.220 e. The molecule has 1 aromatic carbocycles. The van der Waals surface area contributed by atoms with Gasteiger partial charge in [0.2, 0.25) is 17.4 Å². The lowest BCUT2D eigenvalue weighted by molar-refractivity contribution is 0.0511. The van der Waals surface area contributed by atoms with Crippen LogP contribution in [0.25, 0.3) is 0 Å². The molecule has 2 rings (SSSR count). The normalized spacial score (nSPS) is 12.2. The van der Waals surface area contributed by atoms with Crippen molar-refractivity contribution in [1.82, 2.24) is 9.78 Å². The van der Waals surface area contributed by atoms with Crippen molar-refractivity contribution < 1.29 is 19.4 Å². The molecular weight excluding hydrogens is 308 g/mol. The van der Waals surface area contributed by atoms with Crippen LogP contribution in [0.4, 0.5) is 0 Å². The average Bonchev–Trinajstić information content (AvgIpc) is 2.73. The van der Waals surface area contributed by atoms with E-state index < -0.39 is 17.7 Å². The van der Waals surface area contributed by atoms with E-state index in [9.17, 15) is 14.7 Å². The topological polar surface area (TPSA) is 81.4 Å². The Morgan fingerprint density at radius 2 is 1.95 bits per heavy atom. The Bertz CT molecular complexity index is 739. The van der Waals surface area contributed by atoms with Crippen LogP contribution in [0.1, 0.15) is 26.4 Å². The minimum absolute atomic E-state index is 0.0326. The maximum Gasteiger partial charge on any atom is 0.220 e. The number of aromatic hydroxyl groups is 1. The van der Waals surface area contributed by atoms with E-state index in [0.717, 1.165) is 4.68 Å². The maximum atomic E-state index is 12.6. The Hall–Kier alpha value is -2.18. The first-order valence-corrected chi connectivity index (χ1v) is 6.84. The summed E-state index contributed by atoms with van der Waals surface area (Å²) in [6.07, 6.45) is -1.39. The summed E-state index contributed by atoms with van der Waals surface area (Å²) in [5.41, 5.74) is 0.471. The maximum absolute atomic E-state index is 12.6. The number of hydrogen-bond donors (Lipinski definition) is 1. The molecule has 116 valence electrons. The molecule has 0 saturated heterocycles. The highest BCUT2D eigenvalue weighted by atomic mass is 35.5. The predicted octanol–water partition coefficient (Wildman–Crippen LogP) is 2.17. The lowest BCUT2D eigenvalue weighted by Crippen LogP contribution is -2.32. The molecule has 0 aliphatic rings. The molecule has 0 bridgehead atoms. The molecule has 0 aliphatic carbocycles. The number of methoxy groups -OCH3 is 1. The van der Waals surface area contributed by atoms with Gasteiger partial charge in [0.05, 0.1) is 10.7 Å². The summed E-state index contributed by atoms with van der Waals surface area (Å²) in [7, 11) is 2.75. The Balaban J connectivity index is 2.42. The van der Waals surface area contributed by atoms with Gasteiger partial charge in [-0.05, 0) is 19.1 Å². The number of hydrogen-bond acceptors (Lipinski definition) is 5. The number of halogens is 1. The number of ketones is 2. The van der Waals surface area contributed by atoms with E-state index in [0.29, 0.717) is 5.69 Å². The van der Waals surface area contributed by atoms with Crippen LogP contribution in [0.3, 0.4) is 0 Å². The van der Waals surface area contributed by atoms with Crippen molar-refractivity contribution >= 4 is 23.2 Å². The third kappa shape index (κ3) is 2.75. The zero-order valence-electron chi connectivity index (χ0n) is 12.3. The summed E-state index contributed by atoms with van der Waals surface area (Å²) >= 11 is 5.98. The van der Waals surface area contributed by atoms with Crippen molar-refractivity contribution in [3.8, 4) is 5.88 Å². The highest BCUT2D eigenvalue weighted by molar-refractivity contribution is 6.35. The second-order valence-electron chi connectivity index (χ2n) is 4.73. The van der Waals surface area contributed by atoms with E-state index in [1.165, 1.54) is 20.2 Å². The fourth-order valence-electron chi connectivity index (χ4n) is 2.20. The lowest BCUT2D eigenvalue weighted by Gasteiger charge is -2.13. The molecule has 0 saturated carbocycles.